The zero-order valence-corrected chi connectivity index (χ0v) is 16.9. The molecule has 0 spiro atoms. The molecule has 2 aromatic carbocycles. The maximum atomic E-state index is 12.5. The summed E-state index contributed by atoms with van der Waals surface area (Å²) in [6.45, 7) is 13.4. The van der Waals surface area contributed by atoms with Gasteiger partial charge in [0.05, 0.1) is 0 Å². The quantitative estimate of drug-likeness (QED) is 0.642. The average molecular weight is 353 g/mol. The van der Waals surface area contributed by atoms with Crippen molar-refractivity contribution in [2.75, 3.05) is 17.2 Å². The predicted molar refractivity (Wildman–Crippen MR) is 112 cm³/mol. The molecular weight excluding hydrogens is 320 g/mol. The van der Waals surface area contributed by atoms with Gasteiger partial charge in [-0.25, -0.2) is 0 Å². The number of rotatable bonds is 7. The number of carbonyl (C=O) groups excluding carboxylic acids is 1. The lowest BCUT2D eigenvalue weighted by Crippen LogP contribution is -2.19. The average Bonchev–Trinajstić information content (AvgIpc) is 2.56. The van der Waals surface area contributed by atoms with E-state index >= 15 is 0 Å². The highest BCUT2D eigenvalue weighted by Crippen LogP contribution is 2.32. The Morgan fingerprint density at radius 2 is 1.58 bits per heavy atom. The number of para-hydroxylation sites is 1. The van der Waals surface area contributed by atoms with Crippen molar-refractivity contribution in [1.29, 1.82) is 0 Å². The number of nitrogens with one attached hydrogen (secondary N) is 2. The van der Waals surface area contributed by atoms with E-state index in [1.54, 1.807) is 0 Å². The minimum absolute atomic E-state index is 0.0530. The lowest BCUT2D eigenvalue weighted by Gasteiger charge is -2.20. The van der Waals surface area contributed by atoms with E-state index in [1.165, 1.54) is 22.3 Å². The Labute approximate surface area is 158 Å². The summed E-state index contributed by atoms with van der Waals surface area (Å²) in [6, 6.07) is 12.6. The first-order valence-electron chi connectivity index (χ1n) is 9.53. The third-order valence-corrected chi connectivity index (χ3v) is 4.69. The maximum absolute atomic E-state index is 12.5. The van der Waals surface area contributed by atoms with Crippen LogP contribution in [0.4, 0.5) is 11.4 Å². The van der Waals surface area contributed by atoms with Crippen LogP contribution in [-0.2, 0) is 4.79 Å². The fourth-order valence-corrected chi connectivity index (χ4v) is 3.22. The topological polar surface area (TPSA) is 41.1 Å². The highest BCUT2D eigenvalue weighted by atomic mass is 16.1. The molecule has 2 rings (SSSR count). The van der Waals surface area contributed by atoms with Crippen LogP contribution < -0.4 is 10.6 Å². The summed E-state index contributed by atoms with van der Waals surface area (Å²) >= 11 is 0. The Morgan fingerprint density at radius 3 is 2.12 bits per heavy atom. The van der Waals surface area contributed by atoms with Crippen molar-refractivity contribution in [1.82, 2.24) is 0 Å². The summed E-state index contributed by atoms with van der Waals surface area (Å²) in [5, 5.41) is 6.54. The van der Waals surface area contributed by atoms with Crippen molar-refractivity contribution in [3.63, 3.8) is 0 Å². The Hall–Kier alpha value is -2.29. The van der Waals surface area contributed by atoms with E-state index in [4.69, 9.17) is 0 Å². The first-order valence-corrected chi connectivity index (χ1v) is 9.53. The number of amides is 1. The van der Waals surface area contributed by atoms with Crippen LogP contribution in [0.3, 0.4) is 0 Å². The van der Waals surface area contributed by atoms with Crippen LogP contribution in [0.1, 0.15) is 68.2 Å². The Morgan fingerprint density at radius 1 is 0.962 bits per heavy atom. The Kier molecular flexibility index (Phi) is 6.84. The van der Waals surface area contributed by atoms with Gasteiger partial charge in [-0.3, -0.25) is 4.79 Å². The molecule has 0 fully saturated rings. The van der Waals surface area contributed by atoms with Crippen molar-refractivity contribution in [2.45, 2.75) is 59.8 Å². The second-order valence-electron chi connectivity index (χ2n) is 7.66. The van der Waals surface area contributed by atoms with Gasteiger partial charge in [-0.2, -0.15) is 0 Å². The van der Waals surface area contributed by atoms with Gasteiger partial charge in [0.1, 0.15) is 0 Å². The molecule has 3 nitrogen and oxygen atoms in total. The van der Waals surface area contributed by atoms with Gasteiger partial charge in [0.2, 0.25) is 5.91 Å². The smallest absolute Gasteiger partial charge is 0.226 e. The van der Waals surface area contributed by atoms with E-state index in [0.29, 0.717) is 24.8 Å². The molecule has 140 valence electrons. The zero-order valence-electron chi connectivity index (χ0n) is 16.9. The normalized spacial score (nSPS) is 11.1. The van der Waals surface area contributed by atoms with Gasteiger partial charge in [-0.1, -0.05) is 63.6 Å². The maximum Gasteiger partial charge on any atom is 0.226 e. The largest absolute Gasteiger partial charge is 0.384 e. The molecule has 0 saturated heterocycles. The van der Waals surface area contributed by atoms with E-state index in [0.717, 1.165) is 11.4 Å². The number of hydrogen-bond donors (Lipinski definition) is 2. The van der Waals surface area contributed by atoms with Crippen molar-refractivity contribution in [3.05, 3.63) is 58.7 Å². The number of aryl methyl sites for hydroxylation is 2. The van der Waals surface area contributed by atoms with Crippen molar-refractivity contribution < 1.29 is 4.79 Å². The van der Waals surface area contributed by atoms with Crippen LogP contribution in [0.15, 0.2) is 36.4 Å². The molecule has 1 amide bonds. The molecule has 0 aliphatic rings. The number of hydrogen-bond acceptors (Lipinski definition) is 2. The number of benzene rings is 2. The molecule has 0 saturated carbocycles. The van der Waals surface area contributed by atoms with E-state index in [1.807, 2.05) is 0 Å². The minimum Gasteiger partial charge on any atom is -0.384 e. The first-order chi connectivity index (χ1) is 12.3. The molecule has 0 aromatic heterocycles. The predicted octanol–water partition coefficient (Wildman–Crippen LogP) is 5.99. The van der Waals surface area contributed by atoms with Crippen LogP contribution >= 0.6 is 0 Å². The molecule has 2 N–H and O–H groups in total. The van der Waals surface area contributed by atoms with Gasteiger partial charge in [-0.15, -0.1) is 0 Å². The summed E-state index contributed by atoms with van der Waals surface area (Å²) in [5.41, 5.74) is 6.94. The van der Waals surface area contributed by atoms with Crippen molar-refractivity contribution in [3.8, 4) is 0 Å². The van der Waals surface area contributed by atoms with Gasteiger partial charge < -0.3 is 10.6 Å². The monoisotopic (exact) mass is 352 g/mol. The Balaban J connectivity index is 2.03. The minimum atomic E-state index is 0.0530. The van der Waals surface area contributed by atoms with Crippen LogP contribution in [0.5, 0.6) is 0 Å². The molecule has 0 unspecified atom stereocenters. The highest BCUT2D eigenvalue weighted by molar-refractivity contribution is 5.93. The third-order valence-electron chi connectivity index (χ3n) is 4.69. The molecule has 0 aliphatic carbocycles. The van der Waals surface area contributed by atoms with Gasteiger partial charge in [0.25, 0.3) is 0 Å². The lowest BCUT2D eigenvalue weighted by atomic mass is 9.92. The summed E-state index contributed by atoms with van der Waals surface area (Å²) in [6.07, 6.45) is 0.442. The molecule has 0 aliphatic heterocycles. The van der Waals surface area contributed by atoms with Crippen LogP contribution in [0.25, 0.3) is 0 Å². The van der Waals surface area contributed by atoms with E-state index in [-0.39, 0.29) is 5.91 Å². The van der Waals surface area contributed by atoms with E-state index in [9.17, 15) is 4.79 Å². The Bertz CT molecular complexity index is 737. The molecule has 3 heteroatoms. The van der Waals surface area contributed by atoms with Gasteiger partial charge in [0, 0.05) is 24.3 Å². The molecule has 0 heterocycles. The lowest BCUT2D eigenvalue weighted by molar-refractivity contribution is -0.115. The fraction of sp³-hybridized carbons (Fsp3) is 0.435. The third kappa shape index (κ3) is 5.10. The second kappa shape index (κ2) is 8.88. The molecule has 0 radical (unpaired) electrons. The summed E-state index contributed by atoms with van der Waals surface area (Å²) in [4.78, 5) is 12.5. The molecule has 0 atom stereocenters. The van der Waals surface area contributed by atoms with Crippen LogP contribution in [0, 0.1) is 13.8 Å². The first kappa shape index (κ1) is 20.0. The summed E-state index contributed by atoms with van der Waals surface area (Å²) in [5.74, 6) is 0.798. The van der Waals surface area contributed by atoms with Crippen LogP contribution in [0.2, 0.25) is 0 Å². The summed E-state index contributed by atoms with van der Waals surface area (Å²) in [7, 11) is 0. The number of anilines is 2. The molecule has 26 heavy (non-hydrogen) atoms. The van der Waals surface area contributed by atoms with Crippen molar-refractivity contribution in [2.24, 2.45) is 0 Å². The van der Waals surface area contributed by atoms with Crippen LogP contribution in [-0.4, -0.2) is 12.5 Å². The SMILES string of the molecule is Cc1ccc(NCCC(=O)Nc2c(C(C)C)cccc2C(C)C)c(C)c1. The second-order valence-corrected chi connectivity index (χ2v) is 7.66. The fourth-order valence-electron chi connectivity index (χ4n) is 3.22. The standard InChI is InChI=1S/C23H32N2O/c1-15(2)19-8-7-9-20(16(3)4)23(19)25-22(26)12-13-24-21-11-10-17(5)14-18(21)6/h7-11,14-16,24H,12-13H2,1-6H3,(H,25,26). The van der Waals surface area contributed by atoms with E-state index < -0.39 is 0 Å². The molecular formula is C23H32N2O. The van der Waals surface area contributed by atoms with Gasteiger partial charge in [0.15, 0.2) is 0 Å². The number of carbonyl (C=O) groups is 1. The highest BCUT2D eigenvalue weighted by Gasteiger charge is 2.15. The van der Waals surface area contributed by atoms with Gasteiger partial charge >= 0.3 is 0 Å². The van der Waals surface area contributed by atoms with Gasteiger partial charge in [-0.05, 0) is 48.4 Å². The molecule has 0 bridgehead atoms. The summed E-state index contributed by atoms with van der Waals surface area (Å²) < 4.78 is 0. The zero-order chi connectivity index (χ0) is 19.3. The van der Waals surface area contributed by atoms with Crippen molar-refractivity contribution >= 4 is 17.3 Å². The molecule has 2 aromatic rings. The van der Waals surface area contributed by atoms with E-state index in [2.05, 4.69) is 88.6 Å².